The molecule has 5 saturated carbocycles. The average Bonchev–Trinajstić information content (AvgIpc) is 3.07. The molecule has 0 N–H and O–H groups in total. The summed E-state index contributed by atoms with van der Waals surface area (Å²) in [7, 11) is 0. The smallest absolute Gasteiger partial charge is 0.161 e. The van der Waals surface area contributed by atoms with Crippen molar-refractivity contribution in [2.45, 2.75) is 116 Å². The summed E-state index contributed by atoms with van der Waals surface area (Å²) >= 11 is 7.71. The maximum Gasteiger partial charge on any atom is 0.161 e. The zero-order valence-electron chi connectivity index (χ0n) is 22.5. The Morgan fingerprint density at radius 3 is 2.18 bits per heavy atom. The van der Waals surface area contributed by atoms with Gasteiger partial charge >= 0.3 is 0 Å². The van der Waals surface area contributed by atoms with Crippen LogP contribution in [-0.4, -0.2) is 21.7 Å². The predicted molar refractivity (Wildman–Crippen MR) is 145 cm³/mol. The molecular weight excluding hydrogens is 552 g/mol. The van der Waals surface area contributed by atoms with Crippen LogP contribution in [0.2, 0.25) is 0 Å². The first-order valence-electron chi connectivity index (χ1n) is 14.1. The fourth-order valence-corrected chi connectivity index (χ4v) is 12.6. The molecule has 9 atom stereocenters. The highest BCUT2D eigenvalue weighted by atomic mass is 79.9. The second-order valence-electron chi connectivity index (χ2n) is 15.7. The van der Waals surface area contributed by atoms with E-state index in [1.165, 1.54) is 51.4 Å². The first-order chi connectivity index (χ1) is 15.6. The molecule has 2 bridgehead atoms. The van der Waals surface area contributed by atoms with Gasteiger partial charge in [-0.25, -0.2) is 0 Å². The quantitative estimate of drug-likeness (QED) is 0.261. The van der Waals surface area contributed by atoms with E-state index in [-0.39, 0.29) is 10.8 Å². The van der Waals surface area contributed by atoms with E-state index in [0.717, 1.165) is 18.4 Å². The van der Waals surface area contributed by atoms with Crippen LogP contribution in [-0.2, 0) is 9.53 Å². The van der Waals surface area contributed by atoms with E-state index in [4.69, 9.17) is 4.74 Å². The highest BCUT2D eigenvalue weighted by Gasteiger charge is 2.74. The third-order valence-electron chi connectivity index (χ3n) is 14.0. The van der Waals surface area contributed by atoms with Crippen LogP contribution >= 0.6 is 31.9 Å². The molecule has 1 heterocycles. The molecule has 34 heavy (non-hydrogen) atoms. The summed E-state index contributed by atoms with van der Waals surface area (Å²) in [6.07, 6.45) is 11.8. The number of halogens is 2. The van der Waals surface area contributed by atoms with E-state index in [1.807, 2.05) is 0 Å². The van der Waals surface area contributed by atoms with Crippen LogP contribution in [0, 0.1) is 56.2 Å². The van der Waals surface area contributed by atoms with Crippen LogP contribution in [0.5, 0.6) is 0 Å². The molecule has 1 aliphatic heterocycles. The van der Waals surface area contributed by atoms with Gasteiger partial charge in [0.05, 0.1) is 12.7 Å². The molecule has 0 radical (unpaired) electrons. The van der Waals surface area contributed by atoms with Gasteiger partial charge in [0.15, 0.2) is 5.78 Å². The number of carbonyl (C=O) groups is 1. The zero-order valence-corrected chi connectivity index (χ0v) is 25.7. The van der Waals surface area contributed by atoms with Gasteiger partial charge < -0.3 is 4.74 Å². The lowest BCUT2D eigenvalue weighted by molar-refractivity contribution is -0.240. The van der Waals surface area contributed by atoms with Crippen LogP contribution in [0.25, 0.3) is 0 Å². The Hall–Kier alpha value is 0.590. The van der Waals surface area contributed by atoms with Crippen LogP contribution < -0.4 is 0 Å². The topological polar surface area (TPSA) is 26.3 Å². The van der Waals surface area contributed by atoms with E-state index < -0.39 is 3.23 Å². The Morgan fingerprint density at radius 2 is 1.47 bits per heavy atom. The molecule has 1 saturated heterocycles. The number of alkyl halides is 2. The van der Waals surface area contributed by atoms with Crippen molar-refractivity contribution in [2.24, 2.45) is 56.2 Å². The molecule has 6 aliphatic rings. The molecule has 2 unspecified atom stereocenters. The van der Waals surface area contributed by atoms with Gasteiger partial charge in [-0.2, -0.15) is 0 Å². The maximum absolute atomic E-state index is 13.6. The molecule has 0 aromatic heterocycles. The van der Waals surface area contributed by atoms with Gasteiger partial charge in [-0.15, -0.1) is 0 Å². The summed E-state index contributed by atoms with van der Waals surface area (Å²) in [4.78, 5) is 13.6. The molecule has 192 valence electrons. The summed E-state index contributed by atoms with van der Waals surface area (Å²) in [6, 6.07) is 0. The minimum Gasteiger partial charge on any atom is -0.377 e. The van der Waals surface area contributed by atoms with Crippen LogP contribution in [0.4, 0.5) is 0 Å². The van der Waals surface area contributed by atoms with Gasteiger partial charge in [0, 0.05) is 11.8 Å². The largest absolute Gasteiger partial charge is 0.377 e. The summed E-state index contributed by atoms with van der Waals surface area (Å²) in [6.45, 7) is 18.5. The molecule has 4 heteroatoms. The van der Waals surface area contributed by atoms with Crippen molar-refractivity contribution in [1.82, 2.24) is 0 Å². The summed E-state index contributed by atoms with van der Waals surface area (Å²) in [5, 5.41) is 0. The zero-order chi connectivity index (χ0) is 24.7. The molecule has 0 amide bonds. The fourth-order valence-electron chi connectivity index (χ4n) is 11.8. The Kier molecular flexibility index (Phi) is 5.10. The third kappa shape index (κ3) is 2.66. The van der Waals surface area contributed by atoms with Gasteiger partial charge in [-0.1, -0.05) is 80.3 Å². The van der Waals surface area contributed by atoms with Crippen molar-refractivity contribution < 1.29 is 9.53 Å². The van der Waals surface area contributed by atoms with E-state index in [9.17, 15) is 4.79 Å². The minimum absolute atomic E-state index is 0.0864. The number of fused-ring (bicyclic) bond motifs is 5. The summed E-state index contributed by atoms with van der Waals surface area (Å²) in [5.41, 5.74) is 1.39. The lowest BCUT2D eigenvalue weighted by Crippen LogP contribution is -2.69. The van der Waals surface area contributed by atoms with Gasteiger partial charge in [-0.3, -0.25) is 4.79 Å². The molecular formula is C30H46Br2O2. The van der Waals surface area contributed by atoms with Crippen LogP contribution in [0.1, 0.15) is 106 Å². The predicted octanol–water partition coefficient (Wildman–Crippen LogP) is 8.54. The lowest BCUT2D eigenvalue weighted by atomic mass is 9.31. The van der Waals surface area contributed by atoms with E-state index in [2.05, 4.69) is 80.3 Å². The highest BCUT2D eigenvalue weighted by Crippen LogP contribution is 2.78. The normalized spacial score (nSPS) is 56.6. The van der Waals surface area contributed by atoms with Gasteiger partial charge in [0.25, 0.3) is 0 Å². The number of ketones is 1. The first kappa shape index (κ1) is 24.9. The standard InChI is InChI=1S/C30H46Br2O2/c1-24(2)12-14-29-15-13-27(6)18(22(29)23(24)34-17-29)8-9-20-26(5)16-21(33)30(31,32)25(3,4)19(26)10-11-28(20,27)7/h18-20,22-23H,8-17H2,1-7H3/t18-,19+,20-,22?,23?,26+,27-,28-,29-/m1/s1. The molecule has 2 nitrogen and oxygen atoms in total. The number of carbonyl (C=O) groups excluding carboxylic acids is 1. The number of rotatable bonds is 0. The summed E-state index contributed by atoms with van der Waals surface area (Å²) in [5.74, 6) is 3.05. The number of ether oxygens (including phenoxy) is 1. The molecule has 0 aromatic rings. The van der Waals surface area contributed by atoms with E-state index in [0.29, 0.717) is 51.8 Å². The average molecular weight is 599 g/mol. The van der Waals surface area contributed by atoms with Crippen LogP contribution in [0.15, 0.2) is 0 Å². The number of Topliss-reactive ketones (excluding diaryl/α,β-unsaturated/α-hetero) is 1. The Morgan fingerprint density at radius 1 is 0.794 bits per heavy atom. The Labute approximate surface area is 224 Å². The molecule has 0 spiro atoms. The van der Waals surface area contributed by atoms with E-state index >= 15 is 0 Å². The first-order valence-corrected chi connectivity index (χ1v) is 15.7. The van der Waals surface area contributed by atoms with Crippen molar-refractivity contribution in [3.63, 3.8) is 0 Å². The summed E-state index contributed by atoms with van der Waals surface area (Å²) < 4.78 is 6.12. The van der Waals surface area contributed by atoms with Gasteiger partial charge in [-0.05, 0) is 102 Å². The monoisotopic (exact) mass is 596 g/mol. The SMILES string of the molecule is CC1(C)CC[C@]23CC[C@]4(C)[C@H](CC[C@@H]5[C@@]6(C)CC(=O)C(Br)(Br)C(C)(C)[C@@H]6CC[C@]54C)C2C1OC3. The molecule has 6 rings (SSSR count). The highest BCUT2D eigenvalue weighted by molar-refractivity contribution is 9.26. The third-order valence-corrected chi connectivity index (χ3v) is 16.9. The lowest BCUT2D eigenvalue weighted by Gasteiger charge is -2.73. The minimum atomic E-state index is -0.590. The molecule has 5 aliphatic carbocycles. The number of hydrogen-bond donors (Lipinski definition) is 0. The van der Waals surface area contributed by atoms with Crippen molar-refractivity contribution >= 4 is 37.6 Å². The van der Waals surface area contributed by atoms with Gasteiger partial charge in [0.1, 0.15) is 3.23 Å². The van der Waals surface area contributed by atoms with Crippen molar-refractivity contribution in [3.05, 3.63) is 0 Å². The van der Waals surface area contributed by atoms with Crippen LogP contribution in [0.3, 0.4) is 0 Å². The Balaban J connectivity index is 1.41. The van der Waals surface area contributed by atoms with Crippen molar-refractivity contribution in [3.8, 4) is 0 Å². The second kappa shape index (κ2) is 6.96. The fraction of sp³-hybridized carbons (Fsp3) is 0.967. The van der Waals surface area contributed by atoms with Gasteiger partial charge in [0.2, 0.25) is 0 Å². The molecule has 6 fully saturated rings. The van der Waals surface area contributed by atoms with Crippen molar-refractivity contribution in [2.75, 3.05) is 6.61 Å². The maximum atomic E-state index is 13.6. The Bertz CT molecular complexity index is 925. The van der Waals surface area contributed by atoms with Crippen molar-refractivity contribution in [1.29, 1.82) is 0 Å². The molecule has 0 aromatic carbocycles. The second-order valence-corrected chi connectivity index (χ2v) is 19.1. The van der Waals surface area contributed by atoms with E-state index in [1.54, 1.807) is 0 Å². The number of hydrogen-bond acceptors (Lipinski definition) is 2.